The molecule has 1 aromatic carbocycles. The van der Waals surface area contributed by atoms with E-state index in [1.807, 2.05) is 6.07 Å². The number of benzene rings is 1. The molecule has 1 heterocycles. The highest BCUT2D eigenvalue weighted by Gasteiger charge is 2.29. The maximum Gasteiger partial charge on any atom is 0.276 e. The molecule has 2 aromatic rings. The SMILES string of the molecule is O=C(Nc1ccc(NC(=O)C2CC2)cc1)c1cc(C2CC2)[nH]n1. The van der Waals surface area contributed by atoms with Gasteiger partial charge in [0.25, 0.3) is 5.91 Å². The average molecular weight is 310 g/mol. The van der Waals surface area contributed by atoms with Gasteiger partial charge in [0.05, 0.1) is 0 Å². The molecule has 2 aliphatic carbocycles. The third-order valence-electron chi connectivity index (χ3n) is 4.21. The lowest BCUT2D eigenvalue weighted by Crippen LogP contribution is -2.14. The molecule has 23 heavy (non-hydrogen) atoms. The Labute approximate surface area is 133 Å². The summed E-state index contributed by atoms with van der Waals surface area (Å²) in [5.41, 5.74) is 2.86. The fourth-order valence-electron chi connectivity index (χ4n) is 2.48. The van der Waals surface area contributed by atoms with Crippen LogP contribution in [-0.4, -0.2) is 22.0 Å². The largest absolute Gasteiger partial charge is 0.326 e. The van der Waals surface area contributed by atoms with Gasteiger partial charge in [-0.2, -0.15) is 5.10 Å². The Morgan fingerprint density at radius 3 is 2.26 bits per heavy atom. The number of nitrogens with zero attached hydrogens (tertiary/aromatic N) is 1. The summed E-state index contributed by atoms with van der Waals surface area (Å²) in [5.74, 6) is 0.557. The summed E-state index contributed by atoms with van der Waals surface area (Å²) < 4.78 is 0. The molecule has 118 valence electrons. The van der Waals surface area contributed by atoms with E-state index in [0.717, 1.165) is 37.1 Å². The minimum atomic E-state index is -0.233. The van der Waals surface area contributed by atoms with Crippen molar-refractivity contribution in [2.45, 2.75) is 31.6 Å². The van der Waals surface area contributed by atoms with Gasteiger partial charge in [-0.3, -0.25) is 14.7 Å². The molecule has 3 N–H and O–H groups in total. The minimum absolute atomic E-state index is 0.0749. The van der Waals surface area contributed by atoms with Crippen LogP contribution in [0.5, 0.6) is 0 Å². The van der Waals surface area contributed by atoms with E-state index in [9.17, 15) is 9.59 Å². The first-order chi connectivity index (χ1) is 11.2. The Hall–Kier alpha value is -2.63. The van der Waals surface area contributed by atoms with Crippen molar-refractivity contribution in [2.75, 3.05) is 10.6 Å². The zero-order chi connectivity index (χ0) is 15.8. The maximum atomic E-state index is 12.2. The number of amides is 2. The Kier molecular flexibility index (Phi) is 3.37. The molecule has 2 saturated carbocycles. The quantitative estimate of drug-likeness (QED) is 0.793. The Morgan fingerprint density at radius 1 is 1.00 bits per heavy atom. The lowest BCUT2D eigenvalue weighted by Gasteiger charge is -2.06. The van der Waals surface area contributed by atoms with Crippen LogP contribution in [0, 0.1) is 5.92 Å². The van der Waals surface area contributed by atoms with E-state index in [2.05, 4.69) is 20.8 Å². The van der Waals surface area contributed by atoms with Gasteiger partial charge in [0.15, 0.2) is 5.69 Å². The van der Waals surface area contributed by atoms with Gasteiger partial charge in [0, 0.05) is 28.9 Å². The molecule has 0 spiro atoms. The highest BCUT2D eigenvalue weighted by Crippen LogP contribution is 2.39. The Balaban J connectivity index is 1.37. The van der Waals surface area contributed by atoms with Gasteiger partial charge >= 0.3 is 0 Å². The van der Waals surface area contributed by atoms with Gasteiger partial charge in [-0.15, -0.1) is 0 Å². The normalized spacial score (nSPS) is 16.9. The second-order valence-electron chi connectivity index (χ2n) is 6.28. The number of carbonyl (C=O) groups excluding carboxylic acids is 2. The molecule has 2 fully saturated rings. The van der Waals surface area contributed by atoms with Gasteiger partial charge in [-0.1, -0.05) is 0 Å². The van der Waals surface area contributed by atoms with E-state index in [-0.39, 0.29) is 17.7 Å². The van der Waals surface area contributed by atoms with Crippen LogP contribution in [0.3, 0.4) is 0 Å². The molecule has 2 aliphatic rings. The van der Waals surface area contributed by atoms with Gasteiger partial charge < -0.3 is 10.6 Å². The van der Waals surface area contributed by atoms with Crippen molar-refractivity contribution >= 4 is 23.2 Å². The highest BCUT2D eigenvalue weighted by molar-refractivity contribution is 6.03. The fraction of sp³-hybridized carbons (Fsp3) is 0.353. The topological polar surface area (TPSA) is 86.9 Å². The Bertz CT molecular complexity index is 742. The summed E-state index contributed by atoms with van der Waals surface area (Å²) in [6, 6.07) is 8.94. The second kappa shape index (κ2) is 5.53. The second-order valence-corrected chi connectivity index (χ2v) is 6.28. The number of aromatic amines is 1. The Morgan fingerprint density at radius 2 is 1.65 bits per heavy atom. The molecule has 0 aliphatic heterocycles. The van der Waals surface area contributed by atoms with E-state index in [4.69, 9.17) is 0 Å². The van der Waals surface area contributed by atoms with Gasteiger partial charge in [0.2, 0.25) is 5.91 Å². The third-order valence-corrected chi connectivity index (χ3v) is 4.21. The molecule has 2 amide bonds. The smallest absolute Gasteiger partial charge is 0.276 e. The first-order valence-electron chi connectivity index (χ1n) is 7.96. The van der Waals surface area contributed by atoms with E-state index in [0.29, 0.717) is 17.3 Å². The summed E-state index contributed by atoms with van der Waals surface area (Å²) in [6.07, 6.45) is 4.29. The fourth-order valence-corrected chi connectivity index (χ4v) is 2.48. The van der Waals surface area contributed by atoms with Crippen molar-refractivity contribution in [1.29, 1.82) is 0 Å². The van der Waals surface area contributed by atoms with Crippen LogP contribution in [0.25, 0.3) is 0 Å². The first-order valence-corrected chi connectivity index (χ1v) is 7.96. The molecule has 0 atom stereocenters. The molecule has 0 unspecified atom stereocenters. The van der Waals surface area contributed by atoms with Crippen LogP contribution in [-0.2, 0) is 4.79 Å². The number of hydrogen-bond donors (Lipinski definition) is 3. The highest BCUT2D eigenvalue weighted by atomic mass is 16.2. The predicted molar refractivity (Wildman–Crippen MR) is 86.3 cm³/mol. The molecule has 4 rings (SSSR count). The van der Waals surface area contributed by atoms with Crippen molar-refractivity contribution in [3.05, 3.63) is 41.7 Å². The van der Waals surface area contributed by atoms with Gasteiger partial charge in [-0.25, -0.2) is 0 Å². The minimum Gasteiger partial charge on any atom is -0.326 e. The molecule has 6 heteroatoms. The number of carbonyl (C=O) groups is 2. The average Bonchev–Trinajstić information content (AvgIpc) is 3.47. The van der Waals surface area contributed by atoms with E-state index in [1.54, 1.807) is 24.3 Å². The number of H-pyrrole nitrogens is 1. The van der Waals surface area contributed by atoms with Crippen LogP contribution >= 0.6 is 0 Å². The van der Waals surface area contributed by atoms with Crippen molar-refractivity contribution in [3.63, 3.8) is 0 Å². The van der Waals surface area contributed by atoms with Crippen molar-refractivity contribution in [2.24, 2.45) is 5.92 Å². The summed E-state index contributed by atoms with van der Waals surface area (Å²) >= 11 is 0. The summed E-state index contributed by atoms with van der Waals surface area (Å²) in [4.78, 5) is 23.9. The molecule has 0 saturated heterocycles. The van der Waals surface area contributed by atoms with Crippen molar-refractivity contribution < 1.29 is 9.59 Å². The van der Waals surface area contributed by atoms with Crippen LogP contribution in [0.1, 0.15) is 47.8 Å². The van der Waals surface area contributed by atoms with E-state index in [1.165, 1.54) is 0 Å². The lowest BCUT2D eigenvalue weighted by molar-refractivity contribution is -0.117. The van der Waals surface area contributed by atoms with Crippen LogP contribution in [0.2, 0.25) is 0 Å². The van der Waals surface area contributed by atoms with E-state index < -0.39 is 0 Å². The van der Waals surface area contributed by atoms with Crippen molar-refractivity contribution in [3.8, 4) is 0 Å². The number of aromatic nitrogens is 2. The number of nitrogens with one attached hydrogen (secondary N) is 3. The monoisotopic (exact) mass is 310 g/mol. The molecule has 0 radical (unpaired) electrons. The first kappa shape index (κ1) is 14.0. The van der Waals surface area contributed by atoms with Gasteiger partial charge in [0.1, 0.15) is 0 Å². The lowest BCUT2D eigenvalue weighted by atomic mass is 10.2. The number of hydrogen-bond acceptors (Lipinski definition) is 3. The molecule has 6 nitrogen and oxygen atoms in total. The van der Waals surface area contributed by atoms with Crippen LogP contribution in [0.4, 0.5) is 11.4 Å². The van der Waals surface area contributed by atoms with Gasteiger partial charge in [-0.05, 0) is 56.0 Å². The molecular weight excluding hydrogens is 292 g/mol. The van der Waals surface area contributed by atoms with Crippen molar-refractivity contribution in [1.82, 2.24) is 10.2 Å². The third kappa shape index (κ3) is 3.26. The zero-order valence-electron chi connectivity index (χ0n) is 12.6. The summed E-state index contributed by atoms with van der Waals surface area (Å²) in [5, 5.41) is 12.7. The van der Waals surface area contributed by atoms with Crippen LogP contribution < -0.4 is 10.6 Å². The summed E-state index contributed by atoms with van der Waals surface area (Å²) in [7, 11) is 0. The standard InChI is InChI=1S/C17H18N4O2/c22-16(11-3-4-11)18-12-5-7-13(8-6-12)19-17(23)15-9-14(20-21-15)10-1-2-10/h5-11H,1-4H2,(H,18,22)(H,19,23)(H,20,21). The zero-order valence-corrected chi connectivity index (χ0v) is 12.6. The molecule has 1 aromatic heterocycles. The molecular formula is C17H18N4O2. The number of rotatable bonds is 5. The summed E-state index contributed by atoms with van der Waals surface area (Å²) in [6.45, 7) is 0. The maximum absolute atomic E-state index is 12.2. The predicted octanol–water partition coefficient (Wildman–Crippen LogP) is 2.89. The molecule has 0 bridgehead atoms. The van der Waals surface area contributed by atoms with E-state index >= 15 is 0 Å². The van der Waals surface area contributed by atoms with Crippen LogP contribution in [0.15, 0.2) is 30.3 Å². The number of anilines is 2.